The van der Waals surface area contributed by atoms with Gasteiger partial charge in [0.05, 0.1) is 25.1 Å². The molecule has 0 radical (unpaired) electrons. The van der Waals surface area contributed by atoms with Crippen LogP contribution in [-0.4, -0.2) is 78.9 Å². The van der Waals surface area contributed by atoms with Gasteiger partial charge in [-0.1, -0.05) is 30.3 Å². The Morgan fingerprint density at radius 1 is 1.10 bits per heavy atom. The van der Waals surface area contributed by atoms with Crippen molar-refractivity contribution in [3.8, 4) is 0 Å². The zero-order valence-electron chi connectivity index (χ0n) is 23.6. The molecule has 0 spiro atoms. The minimum atomic E-state index is -0.774. The van der Waals surface area contributed by atoms with E-state index in [2.05, 4.69) is 10.6 Å². The average molecular weight is 595 g/mol. The third-order valence-corrected chi connectivity index (χ3v) is 9.53. The fourth-order valence-corrected chi connectivity index (χ4v) is 7.91. The highest BCUT2D eigenvalue weighted by Crippen LogP contribution is 2.62. The number of rotatable bonds is 12. The van der Waals surface area contributed by atoms with Crippen molar-refractivity contribution in [1.82, 2.24) is 15.5 Å². The Kier molecular flexibility index (Phi) is 10.9. The number of benzene rings is 1. The zero-order chi connectivity index (χ0) is 28.2. The largest absolute Gasteiger partial charge is 0.469 e. The minimum Gasteiger partial charge on any atom is -0.469 e. The third-order valence-electron chi connectivity index (χ3n) is 8.89. The Bertz CT molecular complexity index is 1060. The van der Waals surface area contributed by atoms with Crippen LogP contribution >= 0.6 is 24.2 Å². The Hall–Kier alpha value is -2.30. The maximum Gasteiger partial charge on any atom is 0.311 e. The average Bonchev–Trinajstić information content (AvgIpc) is 2.91. The molecule has 40 heavy (non-hydrogen) atoms. The van der Waals surface area contributed by atoms with Gasteiger partial charge in [-0.05, 0) is 74.4 Å². The van der Waals surface area contributed by atoms with E-state index in [1.165, 1.54) is 12.0 Å². The van der Waals surface area contributed by atoms with Crippen LogP contribution < -0.4 is 16.4 Å². The number of hydrogen-bond acceptors (Lipinski definition) is 7. The monoisotopic (exact) mass is 594 g/mol. The van der Waals surface area contributed by atoms with E-state index in [0.29, 0.717) is 31.1 Å². The van der Waals surface area contributed by atoms with Gasteiger partial charge in [-0.3, -0.25) is 19.2 Å². The molecule has 4 aliphatic rings. The van der Waals surface area contributed by atoms with Crippen LogP contribution in [0.25, 0.3) is 0 Å². The molecule has 0 saturated heterocycles. The van der Waals surface area contributed by atoms with Gasteiger partial charge in [0.15, 0.2) is 0 Å². The van der Waals surface area contributed by atoms with Crippen LogP contribution in [-0.2, 0) is 30.3 Å². The second-order valence-corrected chi connectivity index (χ2v) is 12.8. The highest BCUT2D eigenvalue weighted by molar-refractivity contribution is 7.98. The zero-order valence-corrected chi connectivity index (χ0v) is 25.3. The molecule has 3 amide bonds. The van der Waals surface area contributed by atoms with E-state index in [1.807, 2.05) is 36.6 Å². The summed E-state index contributed by atoms with van der Waals surface area (Å²) in [7, 11) is 3.04. The third kappa shape index (κ3) is 7.12. The second kappa shape index (κ2) is 13.6. The Morgan fingerprint density at radius 3 is 2.35 bits per heavy atom. The summed E-state index contributed by atoms with van der Waals surface area (Å²) < 4.78 is 5.22. The van der Waals surface area contributed by atoms with Crippen molar-refractivity contribution in [2.24, 2.45) is 23.0 Å². The molecule has 222 valence electrons. The van der Waals surface area contributed by atoms with E-state index in [9.17, 15) is 19.2 Å². The van der Waals surface area contributed by atoms with Crippen LogP contribution in [0.3, 0.4) is 0 Å². The SMILES string of the molecule is COC(=O)C12CC3CC(CC(NC(=O)[C@H](Cc4ccccc4)N(C)C(=O)CNC(=O)[C@H](N)CCSC)(C3)C1)C2.Cl. The summed E-state index contributed by atoms with van der Waals surface area (Å²) in [6, 6.07) is 8.12. The van der Waals surface area contributed by atoms with Crippen LogP contribution in [0.4, 0.5) is 0 Å². The number of amides is 3. The second-order valence-electron chi connectivity index (χ2n) is 11.8. The van der Waals surface area contributed by atoms with Crippen molar-refractivity contribution in [3.05, 3.63) is 35.9 Å². The summed E-state index contributed by atoms with van der Waals surface area (Å²) in [6.45, 7) is -0.235. The number of nitrogens with two attached hydrogens (primary N) is 1. The summed E-state index contributed by atoms with van der Waals surface area (Å²) >= 11 is 1.60. The van der Waals surface area contributed by atoms with E-state index in [0.717, 1.165) is 43.4 Å². The molecule has 1 aromatic rings. The Balaban J connectivity index is 0.00000441. The summed E-state index contributed by atoms with van der Waals surface area (Å²) in [4.78, 5) is 53.8. The molecule has 4 bridgehead atoms. The Labute approximate surface area is 247 Å². The van der Waals surface area contributed by atoms with Crippen molar-refractivity contribution in [1.29, 1.82) is 0 Å². The number of methoxy groups -OCH3 is 1. The van der Waals surface area contributed by atoms with Crippen LogP contribution in [0.1, 0.15) is 50.5 Å². The fourth-order valence-electron chi connectivity index (χ4n) is 7.42. The van der Waals surface area contributed by atoms with E-state index < -0.39 is 23.0 Å². The number of likely N-dealkylation sites (N-methyl/N-ethyl adjacent to an activating group) is 1. The molecule has 0 aromatic heterocycles. The number of thioether (sulfide) groups is 1. The molecule has 4 aliphatic carbocycles. The van der Waals surface area contributed by atoms with Gasteiger partial charge in [0.1, 0.15) is 6.04 Å². The topological polar surface area (TPSA) is 131 Å². The summed E-state index contributed by atoms with van der Waals surface area (Å²) in [5.41, 5.74) is 5.84. The summed E-state index contributed by atoms with van der Waals surface area (Å²) in [5, 5.41) is 5.97. The molecule has 4 saturated carbocycles. The summed E-state index contributed by atoms with van der Waals surface area (Å²) in [6.07, 6.45) is 7.78. The number of nitrogens with zero attached hydrogens (tertiary/aromatic N) is 1. The lowest BCUT2D eigenvalue weighted by Crippen LogP contribution is -2.67. The fraction of sp³-hybridized carbons (Fsp3) is 0.655. The molecular formula is C29H43ClN4O5S. The van der Waals surface area contributed by atoms with Crippen molar-refractivity contribution in [2.75, 3.05) is 32.7 Å². The molecule has 0 aliphatic heterocycles. The first kappa shape index (κ1) is 32.2. The van der Waals surface area contributed by atoms with E-state index >= 15 is 0 Å². The molecular weight excluding hydrogens is 552 g/mol. The molecule has 2 unspecified atom stereocenters. The molecule has 5 rings (SSSR count). The van der Waals surface area contributed by atoms with Gasteiger partial charge in [-0.2, -0.15) is 11.8 Å². The summed E-state index contributed by atoms with van der Waals surface area (Å²) in [5.74, 6) is 0.355. The lowest BCUT2D eigenvalue weighted by atomic mass is 9.47. The number of esters is 1. The van der Waals surface area contributed by atoms with Gasteiger partial charge in [0, 0.05) is 19.0 Å². The van der Waals surface area contributed by atoms with Gasteiger partial charge in [0.2, 0.25) is 17.7 Å². The normalized spacial score (nSPS) is 27.6. The highest BCUT2D eigenvalue weighted by Gasteiger charge is 2.61. The number of carbonyl (C=O) groups is 4. The maximum absolute atomic E-state index is 14.0. The lowest BCUT2D eigenvalue weighted by Gasteiger charge is -2.61. The Morgan fingerprint density at radius 2 is 1.75 bits per heavy atom. The molecule has 0 heterocycles. The predicted octanol–water partition coefficient (Wildman–Crippen LogP) is 2.30. The quantitative estimate of drug-likeness (QED) is 0.317. The van der Waals surface area contributed by atoms with E-state index in [-0.39, 0.29) is 42.6 Å². The predicted molar refractivity (Wildman–Crippen MR) is 158 cm³/mol. The molecule has 4 fully saturated rings. The van der Waals surface area contributed by atoms with Crippen LogP contribution in [0.5, 0.6) is 0 Å². The standard InChI is InChI=1S/C29H42N4O5S.ClH/c1-33(24(34)17-31-25(35)22(30)9-10-39-3)23(12-19-7-5-4-6-8-19)26(36)32-29-15-20-11-21(16-29)14-28(13-20,18-29)27(37)38-2;/h4-8,20-23H,9-18,30H2,1-3H3,(H,31,35)(H,32,36);1H/t20?,21?,22-,23+,28?,29?;/m1./s1. The van der Waals surface area contributed by atoms with E-state index in [4.69, 9.17) is 10.5 Å². The smallest absolute Gasteiger partial charge is 0.311 e. The van der Waals surface area contributed by atoms with Gasteiger partial charge in [-0.15, -0.1) is 12.4 Å². The van der Waals surface area contributed by atoms with Crippen molar-refractivity contribution in [3.63, 3.8) is 0 Å². The van der Waals surface area contributed by atoms with Crippen molar-refractivity contribution < 1.29 is 23.9 Å². The van der Waals surface area contributed by atoms with Crippen molar-refractivity contribution >= 4 is 47.9 Å². The highest BCUT2D eigenvalue weighted by atomic mass is 35.5. The van der Waals surface area contributed by atoms with Gasteiger partial charge in [-0.25, -0.2) is 0 Å². The van der Waals surface area contributed by atoms with Gasteiger partial charge >= 0.3 is 5.97 Å². The number of carbonyl (C=O) groups excluding carboxylic acids is 4. The molecule has 4 N–H and O–H groups in total. The molecule has 1 aromatic carbocycles. The lowest BCUT2D eigenvalue weighted by molar-refractivity contribution is -0.173. The number of nitrogens with one attached hydrogen (secondary N) is 2. The number of hydrogen-bond donors (Lipinski definition) is 3. The molecule has 4 atom stereocenters. The first-order valence-electron chi connectivity index (χ1n) is 13.8. The van der Waals surface area contributed by atoms with Crippen LogP contribution in [0.2, 0.25) is 0 Å². The van der Waals surface area contributed by atoms with Gasteiger partial charge < -0.3 is 26.0 Å². The number of halogens is 1. The van der Waals surface area contributed by atoms with Crippen molar-refractivity contribution in [2.45, 2.75) is 69.0 Å². The van der Waals surface area contributed by atoms with Gasteiger partial charge in [0.25, 0.3) is 0 Å². The molecule has 9 nitrogen and oxygen atoms in total. The number of ether oxygens (including phenoxy) is 1. The molecule has 11 heteroatoms. The first-order valence-corrected chi connectivity index (χ1v) is 15.2. The van der Waals surface area contributed by atoms with Crippen LogP contribution in [0, 0.1) is 17.3 Å². The first-order chi connectivity index (χ1) is 18.6. The van der Waals surface area contributed by atoms with Crippen LogP contribution in [0.15, 0.2) is 30.3 Å². The van der Waals surface area contributed by atoms with E-state index in [1.54, 1.807) is 18.8 Å². The minimum absolute atomic E-state index is 0. The maximum atomic E-state index is 14.0.